The second-order valence-corrected chi connectivity index (χ2v) is 7.87. The van der Waals surface area contributed by atoms with E-state index in [2.05, 4.69) is 5.32 Å². The molecular weight excluding hydrogens is 374 g/mol. The Labute approximate surface area is 163 Å². The molecule has 10 atom stereocenters. The van der Waals surface area contributed by atoms with E-state index < -0.39 is 67.4 Å². The maximum atomic E-state index is 11.7. The lowest BCUT2D eigenvalue weighted by Crippen LogP contribution is -2.63. The number of hydrogen-bond acceptors (Lipinski definition) is 9. The lowest BCUT2D eigenvalue weighted by atomic mass is 9.81. The Kier molecular flexibility index (Phi) is 7.26. The van der Waals surface area contributed by atoms with Gasteiger partial charge < -0.3 is 45.1 Å². The van der Waals surface area contributed by atoms with E-state index in [4.69, 9.17) is 14.2 Å². The summed E-state index contributed by atoms with van der Waals surface area (Å²) in [6.07, 6.45) is -6.75. The van der Waals surface area contributed by atoms with Gasteiger partial charge in [-0.3, -0.25) is 4.79 Å². The van der Waals surface area contributed by atoms with Crippen LogP contribution in [0, 0.1) is 5.92 Å². The summed E-state index contributed by atoms with van der Waals surface area (Å²) in [4.78, 5) is 11.7. The second-order valence-electron chi connectivity index (χ2n) is 7.87. The van der Waals surface area contributed by atoms with Crippen LogP contribution >= 0.6 is 0 Å². The highest BCUT2D eigenvalue weighted by molar-refractivity contribution is 5.73. The predicted molar refractivity (Wildman–Crippen MR) is 94.2 cm³/mol. The summed E-state index contributed by atoms with van der Waals surface area (Å²) < 4.78 is 17.5. The van der Waals surface area contributed by atoms with Crippen LogP contribution in [0.25, 0.3) is 0 Å². The molecule has 10 nitrogen and oxygen atoms in total. The van der Waals surface area contributed by atoms with E-state index in [-0.39, 0.29) is 25.5 Å². The van der Waals surface area contributed by atoms with E-state index in [0.29, 0.717) is 12.8 Å². The average molecular weight is 405 g/mol. The third-order valence-corrected chi connectivity index (χ3v) is 5.98. The van der Waals surface area contributed by atoms with E-state index in [1.54, 1.807) is 0 Å². The van der Waals surface area contributed by atoms with Gasteiger partial charge in [-0.1, -0.05) is 0 Å². The number of nitrogens with one attached hydrogen (secondary N) is 1. The summed E-state index contributed by atoms with van der Waals surface area (Å²) in [7, 11) is 0. The fourth-order valence-corrected chi connectivity index (χ4v) is 4.60. The minimum absolute atomic E-state index is 0.167. The van der Waals surface area contributed by atoms with Gasteiger partial charge in [-0.15, -0.1) is 0 Å². The maximum absolute atomic E-state index is 11.7. The van der Waals surface area contributed by atoms with Crippen LogP contribution < -0.4 is 5.32 Å². The highest BCUT2D eigenvalue weighted by Crippen LogP contribution is 2.37. The van der Waals surface area contributed by atoms with E-state index in [0.717, 1.165) is 0 Å². The molecule has 28 heavy (non-hydrogen) atoms. The van der Waals surface area contributed by atoms with Crippen molar-refractivity contribution in [3.63, 3.8) is 0 Å². The molecule has 10 heteroatoms. The van der Waals surface area contributed by atoms with Crippen molar-refractivity contribution in [2.24, 2.45) is 5.92 Å². The number of aliphatic hydroxyl groups excluding tert-OH is 5. The number of amides is 1. The van der Waals surface area contributed by atoms with Crippen LogP contribution in [0.1, 0.15) is 26.2 Å². The highest BCUT2D eigenvalue weighted by Gasteiger charge is 2.52. The molecule has 0 saturated carbocycles. The number of carbonyl (C=O) groups is 1. The van der Waals surface area contributed by atoms with Crippen molar-refractivity contribution < 1.29 is 44.5 Å². The summed E-state index contributed by atoms with van der Waals surface area (Å²) >= 11 is 0. The average Bonchev–Trinajstić information content (AvgIpc) is 2.77. The molecule has 1 amide bonds. The van der Waals surface area contributed by atoms with Gasteiger partial charge in [-0.2, -0.15) is 0 Å². The third-order valence-electron chi connectivity index (χ3n) is 5.98. The summed E-state index contributed by atoms with van der Waals surface area (Å²) in [6, 6.07) is -0.677. The molecule has 0 aromatic carbocycles. The number of aliphatic hydroxyl groups is 5. The zero-order chi connectivity index (χ0) is 20.4. The van der Waals surface area contributed by atoms with E-state index in [1.165, 1.54) is 6.92 Å². The lowest BCUT2D eigenvalue weighted by molar-refractivity contribution is -0.264. The second kappa shape index (κ2) is 9.31. The number of fused-ring (bicyclic) bond motifs is 5. The van der Waals surface area contributed by atoms with Crippen molar-refractivity contribution in [1.29, 1.82) is 0 Å². The molecular formula is C18H31NO9. The fraction of sp³-hybridized carbons (Fsp3) is 0.944. The van der Waals surface area contributed by atoms with Gasteiger partial charge >= 0.3 is 0 Å². The van der Waals surface area contributed by atoms with E-state index >= 15 is 0 Å². The number of carbonyl (C=O) groups excluding carboxylic acids is 1. The Hall–Kier alpha value is -0.850. The third kappa shape index (κ3) is 4.34. The van der Waals surface area contributed by atoms with Crippen LogP contribution in [-0.2, 0) is 19.0 Å². The summed E-state index contributed by atoms with van der Waals surface area (Å²) in [5, 5.41) is 54.4. The van der Waals surface area contributed by atoms with E-state index in [1.807, 2.05) is 0 Å². The topological polar surface area (TPSA) is 158 Å². The van der Waals surface area contributed by atoms with Crippen LogP contribution in [-0.4, -0.2) is 106 Å². The first kappa shape index (κ1) is 21.8. The minimum atomic E-state index is -1.35. The SMILES string of the molecule is CC(=O)N[C@@H]1C[C@H]2C3O[C@H](CO)[C@@H](OCCCC(O[C@@H]2CO)[C@H]1O)[C@H](O)[C@H]3O. The lowest BCUT2D eigenvalue weighted by Gasteiger charge is -2.46. The monoisotopic (exact) mass is 405 g/mol. The Morgan fingerprint density at radius 1 is 1.00 bits per heavy atom. The van der Waals surface area contributed by atoms with Gasteiger partial charge in [0.15, 0.2) is 0 Å². The molecule has 6 N–H and O–H groups in total. The molecule has 162 valence electrons. The van der Waals surface area contributed by atoms with Crippen molar-refractivity contribution in [1.82, 2.24) is 5.32 Å². The number of rotatable bonds is 3. The van der Waals surface area contributed by atoms with Crippen molar-refractivity contribution in [2.45, 2.75) is 81.1 Å². The molecule has 4 aliphatic rings. The quantitative estimate of drug-likeness (QED) is 0.293. The fourth-order valence-electron chi connectivity index (χ4n) is 4.60. The molecule has 4 fully saturated rings. The molecule has 0 aliphatic carbocycles. The number of ether oxygens (including phenoxy) is 3. The van der Waals surface area contributed by atoms with Crippen LogP contribution in [0.3, 0.4) is 0 Å². The van der Waals surface area contributed by atoms with Crippen LogP contribution in [0.5, 0.6) is 0 Å². The molecule has 0 radical (unpaired) electrons. The molecule has 4 heterocycles. The largest absolute Gasteiger partial charge is 0.394 e. The first-order valence-electron chi connectivity index (χ1n) is 9.82. The molecule has 2 unspecified atom stereocenters. The van der Waals surface area contributed by atoms with Crippen LogP contribution in [0.15, 0.2) is 0 Å². The zero-order valence-electron chi connectivity index (χ0n) is 15.9. The van der Waals surface area contributed by atoms with Crippen molar-refractivity contribution in [2.75, 3.05) is 19.8 Å². The molecule has 4 aliphatic heterocycles. The molecule has 0 aromatic rings. The maximum Gasteiger partial charge on any atom is 0.217 e. The van der Waals surface area contributed by atoms with Gasteiger partial charge in [0.05, 0.1) is 37.6 Å². The van der Waals surface area contributed by atoms with Crippen molar-refractivity contribution >= 4 is 5.91 Å². The van der Waals surface area contributed by atoms with Gasteiger partial charge in [-0.25, -0.2) is 0 Å². The van der Waals surface area contributed by atoms with Gasteiger partial charge in [0, 0.05) is 19.4 Å². The normalized spacial score (nSPS) is 47.1. The van der Waals surface area contributed by atoms with Crippen molar-refractivity contribution in [3.8, 4) is 0 Å². The first-order chi connectivity index (χ1) is 13.4. The number of hydrogen-bond donors (Lipinski definition) is 6. The van der Waals surface area contributed by atoms with E-state index in [9.17, 15) is 30.3 Å². The standard InChI is InChI=1S/C18H31NO9/c1-8(22)19-10-5-9-12(6-20)27-11(14(10)23)3-2-4-26-18-13(7-21)28-17(9)15(24)16(18)25/h9-18,20-21,23-25H,2-7H2,1H3,(H,19,22)/t9-,10-,11?,12-,13-,14+,15-,16-,17?,18-/m1/s1. The van der Waals surface area contributed by atoms with Gasteiger partial charge in [0.1, 0.15) is 30.5 Å². The zero-order valence-corrected chi connectivity index (χ0v) is 15.9. The molecule has 0 spiro atoms. The van der Waals surface area contributed by atoms with Crippen LogP contribution in [0.4, 0.5) is 0 Å². The predicted octanol–water partition coefficient (Wildman–Crippen LogP) is -2.72. The summed E-state index contributed by atoms with van der Waals surface area (Å²) in [6.45, 7) is 0.745. The minimum Gasteiger partial charge on any atom is -0.394 e. The smallest absolute Gasteiger partial charge is 0.217 e. The Bertz CT molecular complexity index is 533. The van der Waals surface area contributed by atoms with Gasteiger partial charge in [-0.05, 0) is 19.3 Å². The highest BCUT2D eigenvalue weighted by atomic mass is 16.6. The summed E-state index contributed by atoms with van der Waals surface area (Å²) in [5.41, 5.74) is 0. The van der Waals surface area contributed by atoms with Gasteiger partial charge in [0.2, 0.25) is 5.91 Å². The van der Waals surface area contributed by atoms with Gasteiger partial charge in [0.25, 0.3) is 0 Å². The van der Waals surface area contributed by atoms with Crippen molar-refractivity contribution in [3.05, 3.63) is 0 Å². The van der Waals surface area contributed by atoms with Crippen LogP contribution in [0.2, 0.25) is 0 Å². The Morgan fingerprint density at radius 2 is 1.68 bits per heavy atom. The molecule has 4 rings (SSSR count). The first-order valence-corrected chi connectivity index (χ1v) is 9.82. The Morgan fingerprint density at radius 3 is 2.32 bits per heavy atom. The molecule has 0 aromatic heterocycles. The molecule has 4 bridgehead atoms. The Balaban J connectivity index is 1.99. The summed E-state index contributed by atoms with van der Waals surface area (Å²) in [5.74, 6) is -0.962. The molecule has 4 saturated heterocycles.